The third-order valence-electron chi connectivity index (χ3n) is 2.82. The number of aliphatic hydroxyl groups is 2. The predicted octanol–water partition coefficient (Wildman–Crippen LogP) is 0.424. The maximum absolute atomic E-state index is 11.7. The second kappa shape index (κ2) is 6.09. The minimum Gasteiger partial charge on any atom is -0.395 e. The van der Waals surface area contributed by atoms with Gasteiger partial charge in [0.1, 0.15) is 5.25 Å². The van der Waals surface area contributed by atoms with Crippen LogP contribution >= 0.6 is 0 Å². The van der Waals surface area contributed by atoms with Crippen LogP contribution in [0.2, 0.25) is 0 Å². The largest absolute Gasteiger partial charge is 0.395 e. The quantitative estimate of drug-likeness (QED) is 0.579. The number of aliphatic hydroxyl groups excluding tert-OH is 2. The lowest BCUT2D eigenvalue weighted by Gasteiger charge is -2.20. The van der Waals surface area contributed by atoms with E-state index in [1.807, 2.05) is 0 Å². The maximum atomic E-state index is 11.7. The first kappa shape index (κ1) is 15.5. The van der Waals surface area contributed by atoms with Crippen LogP contribution in [0.25, 0.3) is 0 Å². The minimum atomic E-state index is -3.66. The summed E-state index contributed by atoms with van der Waals surface area (Å²) in [7, 11) is -3.66. The number of nitro groups is 1. The molecule has 0 aromatic heterocycles. The zero-order chi connectivity index (χ0) is 14.6. The summed E-state index contributed by atoms with van der Waals surface area (Å²) in [4.78, 5) is 9.98. The Hall–Kier alpha value is -1.51. The molecule has 0 fully saturated rings. The summed E-state index contributed by atoms with van der Waals surface area (Å²) in [6.45, 7) is 0.651. The number of nitrogens with zero attached hydrogens (tertiary/aromatic N) is 1. The Morgan fingerprint density at radius 3 is 2.53 bits per heavy atom. The van der Waals surface area contributed by atoms with Crippen molar-refractivity contribution in [2.75, 3.05) is 12.4 Å². The average Bonchev–Trinajstić information content (AvgIpc) is 2.39. The molecule has 1 aromatic carbocycles. The summed E-state index contributed by atoms with van der Waals surface area (Å²) in [5.74, 6) is -0.232. The van der Waals surface area contributed by atoms with Crippen molar-refractivity contribution < 1.29 is 23.6 Å². The molecule has 0 radical (unpaired) electrons. The van der Waals surface area contributed by atoms with Crippen molar-refractivity contribution in [2.24, 2.45) is 0 Å². The lowest BCUT2D eigenvalue weighted by atomic mass is 10.1. The van der Waals surface area contributed by atoms with Crippen molar-refractivity contribution in [2.45, 2.75) is 18.3 Å². The molecule has 0 heterocycles. The van der Waals surface area contributed by atoms with E-state index in [1.165, 1.54) is 25.1 Å². The molecule has 106 valence electrons. The van der Waals surface area contributed by atoms with E-state index in [0.717, 1.165) is 6.07 Å². The molecule has 0 aliphatic heterocycles. The third-order valence-corrected chi connectivity index (χ3v) is 4.95. The highest BCUT2D eigenvalue weighted by Crippen LogP contribution is 2.25. The summed E-state index contributed by atoms with van der Waals surface area (Å²) >= 11 is 0. The average molecular weight is 289 g/mol. The van der Waals surface area contributed by atoms with Crippen LogP contribution in [-0.2, 0) is 9.84 Å². The number of hydrogen-bond donors (Lipinski definition) is 2. The van der Waals surface area contributed by atoms with Gasteiger partial charge in [0.2, 0.25) is 0 Å². The lowest BCUT2D eigenvalue weighted by Crippen LogP contribution is -2.33. The van der Waals surface area contributed by atoms with E-state index in [1.54, 1.807) is 0 Å². The van der Waals surface area contributed by atoms with Gasteiger partial charge < -0.3 is 10.2 Å². The molecule has 0 bridgehead atoms. The van der Waals surface area contributed by atoms with E-state index < -0.39 is 32.7 Å². The normalized spacial score (nSPS) is 14.9. The van der Waals surface area contributed by atoms with Crippen LogP contribution in [-0.4, -0.2) is 41.2 Å². The molecule has 2 atom stereocenters. The predicted molar refractivity (Wildman–Crippen MR) is 68.4 cm³/mol. The molecule has 1 aromatic rings. The first-order valence-electron chi connectivity index (χ1n) is 5.58. The molecule has 0 aliphatic carbocycles. The summed E-state index contributed by atoms with van der Waals surface area (Å²) in [6, 6.07) is 5.06. The Bertz CT molecular complexity index is 556. The topological polar surface area (TPSA) is 118 Å². The second-order valence-corrected chi connectivity index (χ2v) is 6.48. The smallest absolute Gasteiger partial charge is 0.269 e. The molecule has 0 saturated carbocycles. The first-order chi connectivity index (χ1) is 8.83. The van der Waals surface area contributed by atoms with E-state index in [4.69, 9.17) is 5.11 Å². The van der Waals surface area contributed by atoms with Crippen LogP contribution in [0, 0.1) is 10.1 Å². The SMILES string of the molecule is CCS(=O)(=O)[C@@H](CO)[C@@H](O)c1cccc([N+](=O)[O-])c1. The fourth-order valence-electron chi connectivity index (χ4n) is 1.66. The van der Waals surface area contributed by atoms with Gasteiger partial charge in [-0.05, 0) is 5.56 Å². The number of sulfone groups is 1. The van der Waals surface area contributed by atoms with Gasteiger partial charge in [-0.1, -0.05) is 19.1 Å². The van der Waals surface area contributed by atoms with Gasteiger partial charge in [0.25, 0.3) is 5.69 Å². The Labute approximate surface area is 110 Å². The summed E-state index contributed by atoms with van der Waals surface area (Å²) in [5, 5.41) is 28.4. The number of hydrogen-bond acceptors (Lipinski definition) is 6. The lowest BCUT2D eigenvalue weighted by molar-refractivity contribution is -0.385. The van der Waals surface area contributed by atoms with Gasteiger partial charge in [0.05, 0.1) is 17.6 Å². The summed E-state index contributed by atoms with van der Waals surface area (Å²) in [6.07, 6.45) is -1.50. The molecular formula is C11H15NO6S. The number of non-ortho nitro benzene ring substituents is 1. The van der Waals surface area contributed by atoms with Gasteiger partial charge in [-0.15, -0.1) is 0 Å². The van der Waals surface area contributed by atoms with Gasteiger partial charge in [-0.2, -0.15) is 0 Å². The fraction of sp³-hybridized carbons (Fsp3) is 0.455. The van der Waals surface area contributed by atoms with Crippen LogP contribution in [0.5, 0.6) is 0 Å². The van der Waals surface area contributed by atoms with Crippen molar-refractivity contribution >= 4 is 15.5 Å². The summed E-state index contributed by atoms with van der Waals surface area (Å²) in [5.41, 5.74) is -0.160. The number of nitro benzene ring substituents is 1. The monoisotopic (exact) mass is 289 g/mol. The molecule has 0 spiro atoms. The Morgan fingerprint density at radius 1 is 1.42 bits per heavy atom. The van der Waals surface area contributed by atoms with E-state index in [9.17, 15) is 23.6 Å². The van der Waals surface area contributed by atoms with Crippen LogP contribution in [0.15, 0.2) is 24.3 Å². The van der Waals surface area contributed by atoms with Crippen LogP contribution in [0.4, 0.5) is 5.69 Å². The van der Waals surface area contributed by atoms with E-state index in [2.05, 4.69) is 0 Å². The van der Waals surface area contributed by atoms with Crippen molar-refractivity contribution in [3.63, 3.8) is 0 Å². The van der Waals surface area contributed by atoms with Crippen molar-refractivity contribution in [1.82, 2.24) is 0 Å². The van der Waals surface area contributed by atoms with E-state index in [0.29, 0.717) is 0 Å². The van der Waals surface area contributed by atoms with E-state index >= 15 is 0 Å². The standard InChI is InChI=1S/C11H15NO6S/c1-2-19(17,18)10(7-13)11(14)8-4-3-5-9(6-8)12(15)16/h3-6,10-11,13-14H,2,7H2,1H3/t10-,11-/m0/s1. The van der Waals surface area contributed by atoms with Crippen molar-refractivity contribution in [3.05, 3.63) is 39.9 Å². The molecule has 8 heteroatoms. The van der Waals surface area contributed by atoms with Gasteiger partial charge in [-0.3, -0.25) is 10.1 Å². The molecule has 0 saturated heterocycles. The molecule has 19 heavy (non-hydrogen) atoms. The van der Waals surface area contributed by atoms with Crippen LogP contribution in [0.1, 0.15) is 18.6 Å². The van der Waals surface area contributed by atoms with Gasteiger partial charge >= 0.3 is 0 Å². The van der Waals surface area contributed by atoms with Gasteiger partial charge in [0, 0.05) is 17.9 Å². The summed E-state index contributed by atoms with van der Waals surface area (Å²) < 4.78 is 23.4. The zero-order valence-electron chi connectivity index (χ0n) is 10.3. The highest BCUT2D eigenvalue weighted by molar-refractivity contribution is 7.92. The third kappa shape index (κ3) is 3.49. The van der Waals surface area contributed by atoms with Crippen molar-refractivity contribution in [1.29, 1.82) is 0 Å². The molecule has 0 amide bonds. The first-order valence-corrected chi connectivity index (χ1v) is 7.30. The molecule has 2 N–H and O–H groups in total. The van der Waals surface area contributed by atoms with E-state index in [-0.39, 0.29) is 17.0 Å². The highest BCUT2D eigenvalue weighted by atomic mass is 32.2. The fourth-order valence-corrected chi connectivity index (χ4v) is 2.87. The molecule has 1 rings (SSSR count). The zero-order valence-corrected chi connectivity index (χ0v) is 11.1. The Kier molecular flexibility index (Phi) is 4.98. The molecule has 0 unspecified atom stereocenters. The number of benzene rings is 1. The molecule has 0 aliphatic rings. The Morgan fingerprint density at radius 2 is 2.05 bits per heavy atom. The van der Waals surface area contributed by atoms with Gasteiger partial charge in [0.15, 0.2) is 9.84 Å². The van der Waals surface area contributed by atoms with Crippen molar-refractivity contribution in [3.8, 4) is 0 Å². The van der Waals surface area contributed by atoms with Crippen LogP contribution < -0.4 is 0 Å². The second-order valence-electron chi connectivity index (χ2n) is 3.97. The minimum absolute atomic E-state index is 0.0882. The molecular weight excluding hydrogens is 274 g/mol. The van der Waals surface area contributed by atoms with Gasteiger partial charge in [-0.25, -0.2) is 8.42 Å². The molecule has 7 nitrogen and oxygen atoms in total. The van der Waals surface area contributed by atoms with Crippen LogP contribution in [0.3, 0.4) is 0 Å². The maximum Gasteiger partial charge on any atom is 0.269 e. The highest BCUT2D eigenvalue weighted by Gasteiger charge is 2.32. The Balaban J connectivity index is 3.14. The number of rotatable bonds is 6.